The van der Waals surface area contributed by atoms with Gasteiger partial charge >= 0.3 is 5.97 Å². The van der Waals surface area contributed by atoms with Crippen LogP contribution in [-0.2, 0) is 9.59 Å². The molecule has 0 aliphatic heterocycles. The first kappa shape index (κ1) is 11.4. The largest absolute Gasteiger partial charge is 0.480 e. The number of carboxylic acids is 1. The molecule has 1 amide bonds. The van der Waals surface area contributed by atoms with Gasteiger partial charge in [0.1, 0.15) is 6.04 Å². The Morgan fingerprint density at radius 3 is 2.46 bits per heavy atom. The van der Waals surface area contributed by atoms with Gasteiger partial charge < -0.3 is 10.4 Å². The van der Waals surface area contributed by atoms with Gasteiger partial charge in [-0.15, -0.1) is 0 Å². The van der Waals surface area contributed by atoms with Crippen LogP contribution >= 0.6 is 0 Å². The van der Waals surface area contributed by atoms with Crippen molar-refractivity contribution in [1.29, 1.82) is 0 Å². The van der Waals surface area contributed by atoms with Crippen molar-refractivity contribution >= 4 is 11.9 Å². The molecule has 72 valence electrons. The zero-order chi connectivity index (χ0) is 10.3. The number of aliphatic carboxylic acids is 1. The molecule has 0 aliphatic rings. The van der Waals surface area contributed by atoms with Crippen molar-refractivity contribution in [2.75, 3.05) is 0 Å². The van der Waals surface area contributed by atoms with Gasteiger partial charge in [0.2, 0.25) is 5.91 Å². The first-order valence-corrected chi connectivity index (χ1v) is 3.90. The monoisotopic (exact) mass is 183 g/mol. The van der Waals surface area contributed by atoms with E-state index in [1.807, 2.05) is 6.92 Å². The Kier molecular flexibility index (Phi) is 5.27. The summed E-state index contributed by atoms with van der Waals surface area (Å²) < 4.78 is 0. The lowest BCUT2D eigenvalue weighted by molar-refractivity contribution is -0.140. The standard InChI is InChI=1S/C9H13NO3/c1-3-4-5-6-8(11)10-7(2)9(12)13/h3-7H,1-2H3,(H,10,11)(H,12,13). The van der Waals surface area contributed by atoms with E-state index in [9.17, 15) is 9.59 Å². The van der Waals surface area contributed by atoms with E-state index in [-0.39, 0.29) is 0 Å². The lowest BCUT2D eigenvalue weighted by Gasteiger charge is -2.05. The fourth-order valence-electron chi connectivity index (χ4n) is 0.577. The van der Waals surface area contributed by atoms with Crippen molar-refractivity contribution in [2.24, 2.45) is 0 Å². The second-order valence-electron chi connectivity index (χ2n) is 2.45. The molecule has 0 aliphatic carbocycles. The van der Waals surface area contributed by atoms with E-state index in [2.05, 4.69) is 5.32 Å². The molecule has 2 N–H and O–H groups in total. The fraction of sp³-hybridized carbons (Fsp3) is 0.333. The Bertz CT molecular complexity index is 243. The predicted molar refractivity (Wildman–Crippen MR) is 49.2 cm³/mol. The maximum Gasteiger partial charge on any atom is 0.325 e. The average Bonchev–Trinajstić information content (AvgIpc) is 2.04. The molecule has 4 heteroatoms. The molecule has 0 heterocycles. The Balaban J connectivity index is 3.94. The number of rotatable bonds is 4. The molecule has 1 unspecified atom stereocenters. The van der Waals surface area contributed by atoms with Crippen molar-refractivity contribution in [3.8, 4) is 0 Å². The minimum atomic E-state index is -1.05. The summed E-state index contributed by atoms with van der Waals surface area (Å²) in [5.41, 5.74) is 0. The minimum Gasteiger partial charge on any atom is -0.480 e. The second-order valence-corrected chi connectivity index (χ2v) is 2.45. The number of carboxylic acid groups (broad SMARTS) is 1. The molecule has 0 aromatic rings. The van der Waals surface area contributed by atoms with E-state index in [0.29, 0.717) is 0 Å². The van der Waals surface area contributed by atoms with Crippen LogP contribution in [0, 0.1) is 0 Å². The molecule has 0 saturated heterocycles. The fourth-order valence-corrected chi connectivity index (χ4v) is 0.577. The molecular formula is C9H13NO3. The third kappa shape index (κ3) is 5.66. The van der Waals surface area contributed by atoms with E-state index >= 15 is 0 Å². The van der Waals surface area contributed by atoms with Gasteiger partial charge in [0.25, 0.3) is 0 Å². The van der Waals surface area contributed by atoms with Crippen molar-refractivity contribution in [1.82, 2.24) is 5.32 Å². The number of nitrogens with one attached hydrogen (secondary N) is 1. The van der Waals surface area contributed by atoms with Crippen LogP contribution < -0.4 is 5.32 Å². The summed E-state index contributed by atoms with van der Waals surface area (Å²) in [6.07, 6.45) is 6.28. The summed E-state index contributed by atoms with van der Waals surface area (Å²) in [6.45, 7) is 3.23. The van der Waals surface area contributed by atoms with Crippen molar-refractivity contribution in [3.05, 3.63) is 24.3 Å². The topological polar surface area (TPSA) is 66.4 Å². The lowest BCUT2D eigenvalue weighted by atomic mass is 10.3. The van der Waals surface area contributed by atoms with Crippen LogP contribution in [0.25, 0.3) is 0 Å². The number of hydrogen-bond acceptors (Lipinski definition) is 2. The highest BCUT2D eigenvalue weighted by molar-refractivity contribution is 5.91. The van der Waals surface area contributed by atoms with Crippen LogP contribution in [0.3, 0.4) is 0 Å². The Labute approximate surface area is 76.9 Å². The highest BCUT2D eigenvalue weighted by Crippen LogP contribution is 1.83. The quantitative estimate of drug-likeness (QED) is 0.498. The van der Waals surface area contributed by atoms with E-state index < -0.39 is 17.9 Å². The van der Waals surface area contributed by atoms with Gasteiger partial charge in [-0.2, -0.15) is 0 Å². The van der Waals surface area contributed by atoms with Crippen LogP contribution in [0.15, 0.2) is 24.3 Å². The normalized spacial score (nSPS) is 13.4. The molecule has 0 spiro atoms. The number of carbonyl (C=O) groups excluding carboxylic acids is 1. The Hall–Kier alpha value is -1.58. The Morgan fingerprint density at radius 2 is 2.00 bits per heavy atom. The molecule has 0 bridgehead atoms. The summed E-state index contributed by atoms with van der Waals surface area (Å²) in [7, 11) is 0. The van der Waals surface area contributed by atoms with Crippen molar-refractivity contribution < 1.29 is 14.7 Å². The molecule has 4 nitrogen and oxygen atoms in total. The van der Waals surface area contributed by atoms with Gasteiger partial charge in [0, 0.05) is 6.08 Å². The molecule has 13 heavy (non-hydrogen) atoms. The molecule has 0 rings (SSSR count). The van der Waals surface area contributed by atoms with Crippen LogP contribution in [0.1, 0.15) is 13.8 Å². The number of allylic oxidation sites excluding steroid dienone is 3. The lowest BCUT2D eigenvalue weighted by Crippen LogP contribution is -2.37. The highest BCUT2D eigenvalue weighted by Gasteiger charge is 2.11. The van der Waals surface area contributed by atoms with Gasteiger partial charge in [-0.3, -0.25) is 9.59 Å². The van der Waals surface area contributed by atoms with E-state index in [1.165, 1.54) is 13.0 Å². The molecule has 0 saturated carbocycles. The van der Waals surface area contributed by atoms with E-state index in [4.69, 9.17) is 5.11 Å². The molecule has 0 fully saturated rings. The maximum atomic E-state index is 10.9. The number of amides is 1. The SMILES string of the molecule is CC=CC=CC(=O)NC(C)C(=O)O. The van der Waals surface area contributed by atoms with Gasteiger partial charge in [0.15, 0.2) is 0 Å². The summed E-state index contributed by atoms with van der Waals surface area (Å²) in [5, 5.41) is 10.7. The van der Waals surface area contributed by atoms with Crippen LogP contribution in [0.5, 0.6) is 0 Å². The highest BCUT2D eigenvalue weighted by atomic mass is 16.4. The summed E-state index contributed by atoms with van der Waals surface area (Å²) in [5.74, 6) is -1.46. The molecule has 0 aromatic heterocycles. The first-order chi connectivity index (χ1) is 6.07. The van der Waals surface area contributed by atoms with Crippen LogP contribution in [0.2, 0.25) is 0 Å². The maximum absolute atomic E-state index is 10.9. The zero-order valence-electron chi connectivity index (χ0n) is 7.65. The summed E-state index contributed by atoms with van der Waals surface area (Å²) >= 11 is 0. The third-order valence-corrected chi connectivity index (χ3v) is 1.28. The second kappa shape index (κ2) is 5.99. The number of carbonyl (C=O) groups is 2. The van der Waals surface area contributed by atoms with Gasteiger partial charge in [-0.1, -0.05) is 18.2 Å². The predicted octanol–water partition coefficient (Wildman–Crippen LogP) is 0.708. The third-order valence-electron chi connectivity index (χ3n) is 1.28. The molecular weight excluding hydrogens is 170 g/mol. The number of hydrogen-bond donors (Lipinski definition) is 2. The van der Waals surface area contributed by atoms with Crippen molar-refractivity contribution in [2.45, 2.75) is 19.9 Å². The molecule has 0 radical (unpaired) electrons. The smallest absolute Gasteiger partial charge is 0.325 e. The van der Waals surface area contributed by atoms with Crippen molar-refractivity contribution in [3.63, 3.8) is 0 Å². The van der Waals surface area contributed by atoms with Gasteiger partial charge in [-0.05, 0) is 13.8 Å². The Morgan fingerprint density at radius 1 is 1.38 bits per heavy atom. The van der Waals surface area contributed by atoms with Crippen LogP contribution in [-0.4, -0.2) is 23.0 Å². The minimum absolute atomic E-state index is 0.409. The first-order valence-electron chi connectivity index (χ1n) is 3.90. The van der Waals surface area contributed by atoms with E-state index in [1.54, 1.807) is 18.2 Å². The molecule has 0 aromatic carbocycles. The zero-order valence-corrected chi connectivity index (χ0v) is 7.65. The van der Waals surface area contributed by atoms with Crippen LogP contribution in [0.4, 0.5) is 0 Å². The average molecular weight is 183 g/mol. The van der Waals surface area contributed by atoms with E-state index in [0.717, 1.165) is 0 Å². The summed E-state index contributed by atoms with van der Waals surface area (Å²) in [4.78, 5) is 21.2. The van der Waals surface area contributed by atoms with Gasteiger partial charge in [0.05, 0.1) is 0 Å². The summed E-state index contributed by atoms with van der Waals surface area (Å²) in [6, 6.07) is -0.859. The molecule has 1 atom stereocenters. The van der Waals surface area contributed by atoms with Gasteiger partial charge in [-0.25, -0.2) is 0 Å².